The van der Waals surface area contributed by atoms with Gasteiger partial charge in [-0.1, -0.05) is 26.2 Å². The lowest BCUT2D eigenvalue weighted by molar-refractivity contribution is -0.134. The monoisotopic (exact) mass is 901 g/mol. The molecule has 340 valence electrons. The number of nitrogens with one attached hydrogen (secondary N) is 3. The number of hydrogen-bond donors (Lipinski definition) is 8. The van der Waals surface area contributed by atoms with E-state index in [1.165, 1.54) is 6.92 Å². The fraction of sp³-hybridized carbons (Fsp3) is 0.854. The number of nitrogens with two attached hydrogens (primary N) is 5. The van der Waals surface area contributed by atoms with E-state index >= 15 is 0 Å². The Kier molecular flexibility index (Phi) is 49.6. The molecule has 0 aromatic carbocycles. The predicted octanol–water partition coefficient (Wildman–Crippen LogP) is 3.84. The van der Waals surface area contributed by atoms with Gasteiger partial charge in [0.15, 0.2) is 11.6 Å². The zero-order valence-electron chi connectivity index (χ0n) is 36.7. The van der Waals surface area contributed by atoms with E-state index in [-0.39, 0.29) is 95.2 Å². The highest BCUT2D eigenvalue weighted by Gasteiger charge is 2.30. The van der Waals surface area contributed by atoms with Gasteiger partial charge >= 0.3 is 0 Å². The number of hydrogen-bond acceptors (Lipinski definition) is 13. The molecule has 57 heavy (non-hydrogen) atoms. The Morgan fingerprint density at radius 1 is 0.491 bits per heavy atom. The van der Waals surface area contributed by atoms with Gasteiger partial charge in [0.25, 0.3) is 0 Å². The molecule has 0 aromatic heterocycles. The highest BCUT2D eigenvalue weighted by Crippen LogP contribution is 2.20. The number of carbonyl (C=O) groups excluding carboxylic acids is 6. The van der Waals surface area contributed by atoms with Crippen LogP contribution in [0.2, 0.25) is 0 Å². The van der Waals surface area contributed by atoms with Gasteiger partial charge in [-0.25, -0.2) is 0 Å². The van der Waals surface area contributed by atoms with E-state index < -0.39 is 12.0 Å². The molecule has 0 saturated carbocycles. The average molecular weight is 903 g/mol. The van der Waals surface area contributed by atoms with Crippen LogP contribution in [0, 0.1) is 17.8 Å². The average Bonchev–Trinajstić information content (AvgIpc) is 3.15. The van der Waals surface area contributed by atoms with Crippen molar-refractivity contribution in [2.24, 2.45) is 46.4 Å². The number of likely N-dealkylation sites (N-methyl/N-ethyl adjacent to an activating group) is 2. The molecule has 0 heterocycles. The van der Waals surface area contributed by atoms with Gasteiger partial charge in [-0.15, -0.1) is 29.4 Å². The second-order valence-electron chi connectivity index (χ2n) is 14.7. The molecular formula is C41H86BrClN8O6. The summed E-state index contributed by atoms with van der Waals surface area (Å²) >= 11 is 0. The number of amides is 1. The lowest BCUT2D eigenvalue weighted by Crippen LogP contribution is -2.46. The third-order valence-electron chi connectivity index (χ3n) is 10.1. The zero-order chi connectivity index (χ0) is 42.6. The van der Waals surface area contributed by atoms with Gasteiger partial charge in [-0.3, -0.25) is 28.8 Å². The van der Waals surface area contributed by atoms with Gasteiger partial charge < -0.3 is 44.6 Å². The zero-order valence-corrected chi connectivity index (χ0v) is 39.2. The molecule has 1 amide bonds. The third kappa shape index (κ3) is 35.9. The van der Waals surface area contributed by atoms with Crippen molar-refractivity contribution in [3.8, 4) is 0 Å². The summed E-state index contributed by atoms with van der Waals surface area (Å²) in [7, 11) is 3.52. The molecule has 13 N–H and O–H groups in total. The molecular weight excluding hydrogens is 816 g/mol. The summed E-state index contributed by atoms with van der Waals surface area (Å²) in [6.07, 6.45) is 11.5. The third-order valence-corrected chi connectivity index (χ3v) is 10.1. The number of rotatable bonds is 33. The summed E-state index contributed by atoms with van der Waals surface area (Å²) in [6, 6.07) is -1.03. The lowest BCUT2D eigenvalue weighted by atomic mass is 9.88. The molecule has 0 spiro atoms. The highest BCUT2D eigenvalue weighted by atomic mass is 79.9. The van der Waals surface area contributed by atoms with Crippen LogP contribution in [0.25, 0.3) is 0 Å². The molecule has 0 rings (SSSR count). The van der Waals surface area contributed by atoms with E-state index in [1.54, 1.807) is 27.9 Å². The Bertz CT molecular complexity index is 1050. The van der Waals surface area contributed by atoms with Crippen molar-refractivity contribution in [2.45, 2.75) is 162 Å². The normalized spacial score (nSPS) is 13.6. The molecule has 0 aliphatic heterocycles. The van der Waals surface area contributed by atoms with Gasteiger partial charge in [0, 0.05) is 30.6 Å². The van der Waals surface area contributed by atoms with Crippen molar-refractivity contribution in [1.82, 2.24) is 16.0 Å². The smallest absolute Gasteiger partial charge is 0.224 e. The fourth-order valence-electron chi connectivity index (χ4n) is 5.93. The minimum Gasteiger partial charge on any atom is -0.346 e. The molecule has 14 nitrogen and oxygen atoms in total. The number of halogens is 2. The Labute approximate surface area is 362 Å². The molecule has 16 heteroatoms. The molecule has 0 aromatic rings. The number of ketones is 5. The predicted molar refractivity (Wildman–Crippen MR) is 243 cm³/mol. The number of carbonyl (C=O) groups is 6. The summed E-state index contributed by atoms with van der Waals surface area (Å²) in [6.45, 7) is 11.4. The van der Waals surface area contributed by atoms with Crippen LogP contribution < -0.4 is 44.6 Å². The molecule has 0 saturated heterocycles. The fourth-order valence-corrected chi connectivity index (χ4v) is 5.93. The maximum atomic E-state index is 13.4. The second kappa shape index (κ2) is 43.9. The van der Waals surface area contributed by atoms with Gasteiger partial charge in [0.05, 0.1) is 18.1 Å². The molecule has 0 radical (unpaired) electrons. The van der Waals surface area contributed by atoms with Crippen molar-refractivity contribution < 1.29 is 28.8 Å². The highest BCUT2D eigenvalue weighted by molar-refractivity contribution is 8.93. The van der Waals surface area contributed by atoms with Gasteiger partial charge in [-0.2, -0.15) is 0 Å². The molecule has 6 atom stereocenters. The first-order chi connectivity index (χ1) is 26.1. The van der Waals surface area contributed by atoms with Crippen molar-refractivity contribution >= 4 is 64.2 Å². The summed E-state index contributed by atoms with van der Waals surface area (Å²) in [5.74, 6) is -0.666. The van der Waals surface area contributed by atoms with Crippen LogP contribution in [0.3, 0.4) is 0 Å². The molecule has 0 aliphatic rings. The van der Waals surface area contributed by atoms with Crippen molar-refractivity contribution in [3.05, 3.63) is 0 Å². The standard InChI is InChI=1S/C28H56N6O4.C8H17NO.C5H11NO.BrH.ClH/c1-21(35)22(11-3-7-15-29)19-27(37)25(14-6-10-18-32)34-28(38)23(12-4-8-16-30)20-26(36)24(33-2)13-5-9-17-31;1-3-8(7(2)10)5-4-6-9;1-4(6-3)5(2)7;;/h22-25,33H,3-20,29-32H2,1-2H3,(H,34,38);8H,3-6,9H2,1-2H3;4,6H,1-3H3;2*1H/t;8-;4-;;/m.10../s1. The maximum absolute atomic E-state index is 13.4. The van der Waals surface area contributed by atoms with Crippen LogP contribution in [0.4, 0.5) is 0 Å². The molecule has 0 bridgehead atoms. The Morgan fingerprint density at radius 2 is 0.860 bits per heavy atom. The maximum Gasteiger partial charge on any atom is 0.224 e. The van der Waals surface area contributed by atoms with Crippen LogP contribution >= 0.6 is 29.4 Å². The quantitative estimate of drug-likeness (QED) is 0.0436. The number of Topliss-reactive ketones (excluding diaryl/α,β-unsaturated/α-hetero) is 5. The van der Waals surface area contributed by atoms with Gasteiger partial charge in [-0.05, 0) is 152 Å². The first kappa shape index (κ1) is 64.5. The molecule has 0 fully saturated rings. The van der Waals surface area contributed by atoms with E-state index in [9.17, 15) is 28.8 Å². The van der Waals surface area contributed by atoms with E-state index in [0.29, 0.717) is 70.6 Å². The van der Waals surface area contributed by atoms with Gasteiger partial charge in [0.1, 0.15) is 17.3 Å². The van der Waals surface area contributed by atoms with Crippen LogP contribution in [0.1, 0.15) is 144 Å². The summed E-state index contributed by atoms with van der Waals surface area (Å²) in [5.41, 5.74) is 27.8. The lowest BCUT2D eigenvalue weighted by Gasteiger charge is -2.24. The first-order valence-electron chi connectivity index (χ1n) is 20.9. The van der Waals surface area contributed by atoms with Crippen LogP contribution in [0.5, 0.6) is 0 Å². The Balaban J connectivity index is -0.000000392. The number of unbranched alkanes of at least 4 members (excludes halogenated alkanes) is 4. The van der Waals surface area contributed by atoms with Crippen LogP contribution in [-0.2, 0) is 28.8 Å². The molecule has 4 unspecified atom stereocenters. The van der Waals surface area contributed by atoms with E-state index in [1.807, 2.05) is 13.8 Å². The van der Waals surface area contributed by atoms with E-state index in [0.717, 1.165) is 64.2 Å². The summed E-state index contributed by atoms with van der Waals surface area (Å²) in [5, 5.41) is 8.83. The minimum absolute atomic E-state index is 0. The van der Waals surface area contributed by atoms with Crippen molar-refractivity contribution in [3.63, 3.8) is 0 Å². The minimum atomic E-state index is -0.706. The van der Waals surface area contributed by atoms with E-state index in [4.69, 9.17) is 28.7 Å². The van der Waals surface area contributed by atoms with Crippen LogP contribution in [0.15, 0.2) is 0 Å². The summed E-state index contributed by atoms with van der Waals surface area (Å²) < 4.78 is 0. The van der Waals surface area contributed by atoms with Crippen molar-refractivity contribution in [1.29, 1.82) is 0 Å². The Hall–Kier alpha value is -1.69. The van der Waals surface area contributed by atoms with Crippen molar-refractivity contribution in [2.75, 3.05) is 46.8 Å². The SMILES string of the molecule is Br.CC[C@H](CCCN)C(C)=O.CNC(CCCCN)C(=O)CC(CCCCN)C(=O)NC(CCCCN)C(=O)CC(CCCCN)C(C)=O.CN[C@@H](C)C(C)=O.Cl. The van der Waals surface area contributed by atoms with Gasteiger partial charge in [0.2, 0.25) is 5.91 Å². The molecule has 0 aliphatic carbocycles. The summed E-state index contributed by atoms with van der Waals surface area (Å²) in [4.78, 5) is 73.1. The Morgan fingerprint density at radius 3 is 1.21 bits per heavy atom. The first-order valence-corrected chi connectivity index (χ1v) is 20.9. The second-order valence-corrected chi connectivity index (χ2v) is 14.7. The topological polar surface area (TPSA) is 269 Å². The van der Waals surface area contributed by atoms with Crippen LogP contribution in [-0.4, -0.2) is 99.8 Å². The van der Waals surface area contributed by atoms with E-state index in [2.05, 4.69) is 16.0 Å². The largest absolute Gasteiger partial charge is 0.346 e.